The van der Waals surface area contributed by atoms with E-state index < -0.39 is 0 Å². The zero-order valence-corrected chi connectivity index (χ0v) is 17.3. The van der Waals surface area contributed by atoms with Crippen LogP contribution in [0.2, 0.25) is 0 Å². The van der Waals surface area contributed by atoms with Gasteiger partial charge < -0.3 is 5.32 Å². The second kappa shape index (κ2) is 7.25. The molecule has 4 aromatic heterocycles. The molecular formula is C20H22N7OS+. The average molecular weight is 409 g/mol. The van der Waals surface area contributed by atoms with Gasteiger partial charge in [-0.1, -0.05) is 0 Å². The van der Waals surface area contributed by atoms with E-state index in [1.807, 2.05) is 50.9 Å². The summed E-state index contributed by atoms with van der Waals surface area (Å²) in [6.45, 7) is 8.12. The highest BCUT2D eigenvalue weighted by molar-refractivity contribution is 7.12. The molecule has 0 unspecified atom stereocenters. The number of nitrogens with zero attached hydrogens (tertiary/aromatic N) is 5. The van der Waals surface area contributed by atoms with Crippen molar-refractivity contribution in [1.82, 2.24) is 29.7 Å². The van der Waals surface area contributed by atoms with Gasteiger partial charge in [-0.25, -0.2) is 14.5 Å². The summed E-state index contributed by atoms with van der Waals surface area (Å²) in [4.78, 5) is 20.6. The second-order valence-corrected chi connectivity index (χ2v) is 8.43. The van der Waals surface area contributed by atoms with E-state index in [9.17, 15) is 4.79 Å². The van der Waals surface area contributed by atoms with Crippen molar-refractivity contribution in [2.75, 3.05) is 6.54 Å². The molecule has 2 N–H and O–H groups in total. The molecular weight excluding hydrogens is 386 g/mol. The topological polar surface area (TPSA) is 91.1 Å². The third kappa shape index (κ3) is 3.81. The summed E-state index contributed by atoms with van der Waals surface area (Å²) in [6, 6.07) is 1.87. The first-order chi connectivity index (χ1) is 13.9. The molecule has 9 heteroatoms. The normalized spacial score (nSPS) is 11.7. The first kappa shape index (κ1) is 19.0. The van der Waals surface area contributed by atoms with Crippen LogP contribution in [0.4, 0.5) is 0 Å². The lowest BCUT2D eigenvalue weighted by Crippen LogP contribution is -2.83. The minimum Gasteiger partial charge on any atom is -0.344 e. The number of nitrogens with one attached hydrogen (secondary N) is 2. The highest BCUT2D eigenvalue weighted by atomic mass is 32.1. The molecule has 0 bridgehead atoms. The molecule has 0 fully saturated rings. The van der Waals surface area contributed by atoms with Gasteiger partial charge in [0.25, 0.3) is 5.91 Å². The number of rotatable bonds is 6. The molecule has 0 aromatic carbocycles. The average Bonchev–Trinajstić information content (AvgIpc) is 3.44. The summed E-state index contributed by atoms with van der Waals surface area (Å²) in [7, 11) is 1.88. The third-order valence-electron chi connectivity index (χ3n) is 4.70. The molecule has 1 amide bonds. The smallest absolute Gasteiger partial charge is 0.261 e. The zero-order valence-electron chi connectivity index (χ0n) is 16.5. The summed E-state index contributed by atoms with van der Waals surface area (Å²) in [5.74, 6) is -0.104. The van der Waals surface area contributed by atoms with Crippen molar-refractivity contribution in [3.8, 4) is 22.3 Å². The predicted octanol–water partition coefficient (Wildman–Crippen LogP) is 1.15. The molecule has 148 valence electrons. The van der Waals surface area contributed by atoms with Crippen molar-refractivity contribution in [1.29, 1.82) is 0 Å². The fraction of sp³-hybridized carbons (Fsp3) is 0.250. The van der Waals surface area contributed by atoms with Crippen LogP contribution in [0.15, 0.2) is 42.4 Å². The van der Waals surface area contributed by atoms with Crippen LogP contribution < -0.4 is 10.3 Å². The van der Waals surface area contributed by atoms with Gasteiger partial charge in [0.2, 0.25) is 0 Å². The highest BCUT2D eigenvalue weighted by Crippen LogP contribution is 2.29. The molecule has 0 spiro atoms. The zero-order chi connectivity index (χ0) is 20.6. The Hall–Kier alpha value is -3.33. The van der Waals surface area contributed by atoms with Gasteiger partial charge in [0.05, 0.1) is 23.8 Å². The van der Waals surface area contributed by atoms with Gasteiger partial charge in [0, 0.05) is 56.2 Å². The monoisotopic (exact) mass is 408 g/mol. The lowest BCUT2D eigenvalue weighted by Gasteiger charge is -2.13. The maximum atomic E-state index is 12.5. The van der Waals surface area contributed by atoms with Crippen LogP contribution in [0.1, 0.15) is 23.5 Å². The predicted molar refractivity (Wildman–Crippen MR) is 113 cm³/mol. The molecule has 8 nitrogen and oxygen atoms in total. The number of hydrogen-bond donors (Lipinski definition) is 2. The Bertz CT molecular complexity index is 1200. The number of hydrogen-bond acceptors (Lipinski definition) is 5. The number of fused-ring (bicyclic) bond motifs is 1. The Kier molecular flexibility index (Phi) is 4.75. The van der Waals surface area contributed by atoms with Crippen molar-refractivity contribution >= 4 is 29.6 Å². The van der Waals surface area contributed by atoms with E-state index >= 15 is 0 Å². The van der Waals surface area contributed by atoms with E-state index in [0.29, 0.717) is 11.4 Å². The van der Waals surface area contributed by atoms with Crippen LogP contribution in [-0.4, -0.2) is 49.1 Å². The first-order valence-corrected chi connectivity index (χ1v) is 9.98. The molecule has 0 aliphatic carbocycles. The molecule has 4 heterocycles. The number of carbonyl (C=O) groups excluding carboxylic acids is 1. The van der Waals surface area contributed by atoms with Crippen LogP contribution in [0, 0.1) is 0 Å². The van der Waals surface area contributed by atoms with Crippen molar-refractivity contribution in [3.05, 3.63) is 47.3 Å². The van der Waals surface area contributed by atoms with Gasteiger partial charge in [0.1, 0.15) is 6.72 Å². The summed E-state index contributed by atoms with van der Waals surface area (Å²) in [5, 5.41) is 13.5. The van der Waals surface area contributed by atoms with Gasteiger partial charge in [-0.3, -0.25) is 9.48 Å². The third-order valence-corrected chi connectivity index (χ3v) is 5.63. The minimum atomic E-state index is -0.270. The molecule has 4 rings (SSSR count). The van der Waals surface area contributed by atoms with Crippen molar-refractivity contribution in [3.63, 3.8) is 0 Å². The quantitative estimate of drug-likeness (QED) is 0.468. The highest BCUT2D eigenvalue weighted by Gasteiger charge is 2.22. The standard InChI is InChI=1S/C20H21N7OS/c1-20(2,21-3)12-23-19(28)17-5-13(11-29-17)16-8-25-27-10-14(6-22-18(16)27)15-7-24-26(4)9-15/h5-11H,3,12H2,1-2,4H3,(H,23,28)/p+1. The SMILES string of the molecule is C=[NH+]C(C)(C)CNC(=O)c1cc(-c2cnn3cc(-c4cnn(C)c4)cnc23)cs1. The number of carbonyl (C=O) groups is 1. The number of aromatic nitrogens is 5. The van der Waals surface area contributed by atoms with Gasteiger partial charge in [0.15, 0.2) is 11.2 Å². The van der Waals surface area contributed by atoms with E-state index in [1.165, 1.54) is 11.3 Å². The van der Waals surface area contributed by atoms with E-state index in [1.54, 1.807) is 21.6 Å². The maximum Gasteiger partial charge on any atom is 0.261 e. The van der Waals surface area contributed by atoms with Gasteiger partial charge in [-0.15, -0.1) is 11.3 Å². The second-order valence-electron chi connectivity index (χ2n) is 7.51. The molecule has 0 radical (unpaired) electrons. The fourth-order valence-electron chi connectivity index (χ4n) is 2.85. The molecule has 29 heavy (non-hydrogen) atoms. The van der Waals surface area contributed by atoms with E-state index in [0.717, 1.165) is 27.9 Å². The minimum absolute atomic E-state index is 0.104. The Balaban J connectivity index is 1.58. The van der Waals surface area contributed by atoms with Gasteiger partial charge >= 0.3 is 0 Å². The van der Waals surface area contributed by atoms with Gasteiger partial charge in [-0.05, 0) is 17.0 Å². The van der Waals surface area contributed by atoms with Crippen LogP contribution in [0.25, 0.3) is 27.9 Å². The first-order valence-electron chi connectivity index (χ1n) is 9.10. The van der Waals surface area contributed by atoms with Crippen molar-refractivity contribution in [2.45, 2.75) is 19.4 Å². The van der Waals surface area contributed by atoms with E-state index in [4.69, 9.17) is 0 Å². The Labute approximate surface area is 171 Å². The summed E-state index contributed by atoms with van der Waals surface area (Å²) in [5.41, 5.74) is 4.20. The molecule has 0 aliphatic rings. The van der Waals surface area contributed by atoms with Crippen molar-refractivity contribution in [2.24, 2.45) is 7.05 Å². The molecule has 0 aliphatic heterocycles. The number of aryl methyl sites for hydroxylation is 1. The number of thiophene rings is 1. The van der Waals surface area contributed by atoms with Crippen LogP contribution >= 0.6 is 11.3 Å². The van der Waals surface area contributed by atoms with E-state index in [2.05, 4.69) is 32.2 Å². The summed E-state index contributed by atoms with van der Waals surface area (Å²) < 4.78 is 3.50. The molecule has 4 aromatic rings. The van der Waals surface area contributed by atoms with Gasteiger partial charge in [-0.2, -0.15) is 10.2 Å². The molecule has 0 saturated carbocycles. The Morgan fingerprint density at radius 1 is 1.21 bits per heavy atom. The van der Waals surface area contributed by atoms with Crippen LogP contribution in [0.3, 0.4) is 0 Å². The fourth-order valence-corrected chi connectivity index (χ4v) is 3.67. The van der Waals surface area contributed by atoms with Crippen molar-refractivity contribution < 1.29 is 9.79 Å². The summed E-state index contributed by atoms with van der Waals surface area (Å²) >= 11 is 1.40. The lowest BCUT2D eigenvalue weighted by atomic mass is 10.1. The van der Waals surface area contributed by atoms with E-state index in [-0.39, 0.29) is 11.4 Å². The van der Waals surface area contributed by atoms with Crippen LogP contribution in [-0.2, 0) is 7.05 Å². The largest absolute Gasteiger partial charge is 0.344 e. The molecule has 0 atom stereocenters. The Morgan fingerprint density at radius 2 is 2.00 bits per heavy atom. The number of amides is 1. The maximum absolute atomic E-state index is 12.5. The molecule has 0 saturated heterocycles. The Morgan fingerprint density at radius 3 is 2.72 bits per heavy atom. The van der Waals surface area contributed by atoms with Crippen LogP contribution in [0.5, 0.6) is 0 Å². The summed E-state index contributed by atoms with van der Waals surface area (Å²) in [6.07, 6.45) is 9.24. The lowest BCUT2D eigenvalue weighted by molar-refractivity contribution is -0.532.